The second-order valence-electron chi connectivity index (χ2n) is 6.07. The van der Waals surface area contributed by atoms with E-state index < -0.39 is 29.5 Å². The number of carbonyl (C=O) groups is 4. The number of ether oxygens (including phenoxy) is 1. The highest BCUT2D eigenvalue weighted by atomic mass is 35.5. The highest BCUT2D eigenvalue weighted by Gasteiger charge is 2.17. The quantitative estimate of drug-likeness (QED) is 0.461. The second kappa shape index (κ2) is 9.09. The molecule has 1 N–H and O–H groups in total. The molecule has 0 aliphatic rings. The molecular formula is C20H18ClNO5. The van der Waals surface area contributed by atoms with Crippen molar-refractivity contribution in [2.75, 3.05) is 5.32 Å². The van der Waals surface area contributed by atoms with Gasteiger partial charge in [0.2, 0.25) is 5.91 Å². The van der Waals surface area contributed by atoms with Crippen molar-refractivity contribution in [3.8, 4) is 0 Å². The Morgan fingerprint density at radius 1 is 1.00 bits per heavy atom. The fraction of sp³-hybridized carbons (Fsp3) is 0.200. The first-order valence-electron chi connectivity index (χ1n) is 8.21. The largest absolute Gasteiger partial charge is 0.389 e. The van der Waals surface area contributed by atoms with Crippen molar-refractivity contribution in [3.63, 3.8) is 0 Å². The monoisotopic (exact) mass is 387 g/mol. The number of halogens is 1. The van der Waals surface area contributed by atoms with E-state index in [1.54, 1.807) is 38.1 Å². The zero-order valence-electron chi connectivity index (χ0n) is 14.8. The topological polar surface area (TPSA) is 89.5 Å². The highest BCUT2D eigenvalue weighted by molar-refractivity contribution is 6.34. The minimum Gasteiger partial charge on any atom is -0.389 e. The molecule has 2 aromatic carbocycles. The Bertz CT molecular complexity index is 874. The van der Waals surface area contributed by atoms with Gasteiger partial charge in [-0.3, -0.25) is 14.4 Å². The number of ketones is 1. The van der Waals surface area contributed by atoms with Crippen LogP contribution in [0.3, 0.4) is 0 Å². The lowest BCUT2D eigenvalue weighted by atomic mass is 10.1. The molecule has 0 radical (unpaired) electrons. The Labute approximate surface area is 161 Å². The molecule has 0 fully saturated rings. The number of amides is 1. The molecule has 27 heavy (non-hydrogen) atoms. The molecular weight excluding hydrogens is 370 g/mol. The Hall–Kier alpha value is -2.99. The predicted octanol–water partition coefficient (Wildman–Crippen LogP) is 3.89. The molecule has 140 valence electrons. The molecule has 0 aliphatic heterocycles. The summed E-state index contributed by atoms with van der Waals surface area (Å²) in [6.45, 7) is 3.25. The summed E-state index contributed by atoms with van der Waals surface area (Å²) in [5.41, 5.74) is 0.857. The number of rotatable bonds is 6. The van der Waals surface area contributed by atoms with Gasteiger partial charge < -0.3 is 10.1 Å². The molecule has 6 nitrogen and oxygen atoms in total. The third kappa shape index (κ3) is 5.76. The van der Waals surface area contributed by atoms with Crippen LogP contribution in [-0.2, 0) is 14.3 Å². The summed E-state index contributed by atoms with van der Waals surface area (Å²) in [6, 6.07) is 12.3. The Morgan fingerprint density at radius 2 is 1.63 bits per heavy atom. The number of anilines is 1. The zero-order valence-corrected chi connectivity index (χ0v) is 15.6. The van der Waals surface area contributed by atoms with Gasteiger partial charge in [0, 0.05) is 11.3 Å². The van der Waals surface area contributed by atoms with E-state index in [1.165, 1.54) is 24.3 Å². The number of nitrogens with one attached hydrogen (secondary N) is 1. The number of hydrogen-bond donors (Lipinski definition) is 1. The van der Waals surface area contributed by atoms with Crippen LogP contribution in [0, 0.1) is 5.92 Å². The van der Waals surface area contributed by atoms with Gasteiger partial charge in [-0.05, 0) is 36.4 Å². The van der Waals surface area contributed by atoms with Crippen LogP contribution in [0.5, 0.6) is 0 Å². The molecule has 0 saturated heterocycles. The van der Waals surface area contributed by atoms with E-state index in [0.717, 1.165) is 0 Å². The van der Waals surface area contributed by atoms with Gasteiger partial charge in [-0.15, -0.1) is 0 Å². The average Bonchev–Trinajstić information content (AvgIpc) is 2.62. The highest BCUT2D eigenvalue weighted by Crippen LogP contribution is 2.17. The number of Topliss-reactive ketones (excluding diaryl/α,β-unsaturated/α-hetero) is 1. The van der Waals surface area contributed by atoms with Crippen LogP contribution in [0.25, 0.3) is 0 Å². The predicted molar refractivity (Wildman–Crippen MR) is 101 cm³/mol. The summed E-state index contributed by atoms with van der Waals surface area (Å²) >= 11 is 5.94. The average molecular weight is 388 g/mol. The summed E-state index contributed by atoms with van der Waals surface area (Å²) in [7, 11) is 0. The fourth-order valence-electron chi connectivity index (χ4n) is 2.09. The molecule has 0 heterocycles. The van der Waals surface area contributed by atoms with Crippen molar-refractivity contribution in [2.24, 2.45) is 5.92 Å². The third-order valence-corrected chi connectivity index (χ3v) is 3.89. The van der Waals surface area contributed by atoms with Crippen LogP contribution in [0.15, 0.2) is 48.5 Å². The van der Waals surface area contributed by atoms with E-state index in [0.29, 0.717) is 5.69 Å². The summed E-state index contributed by atoms with van der Waals surface area (Å²) in [6.07, 6.45) is -0.365. The summed E-state index contributed by atoms with van der Waals surface area (Å²) in [5, 5.41) is 2.85. The van der Waals surface area contributed by atoms with Crippen molar-refractivity contribution in [1.82, 2.24) is 0 Å². The normalized spacial score (nSPS) is 10.4. The molecule has 0 saturated carbocycles. The van der Waals surface area contributed by atoms with Crippen LogP contribution in [0.1, 0.15) is 41.0 Å². The van der Waals surface area contributed by atoms with E-state index >= 15 is 0 Å². The van der Waals surface area contributed by atoms with Gasteiger partial charge in [-0.25, -0.2) is 4.79 Å². The standard InChI is InChI=1S/C20H18ClNO5/c1-12(2)19(25)27-20(26)13-7-9-14(10-8-13)22-18(24)11-17(23)15-5-3-4-6-16(15)21/h3-10,12H,11H2,1-2H3,(H,22,24). The van der Waals surface area contributed by atoms with Crippen LogP contribution < -0.4 is 5.32 Å². The van der Waals surface area contributed by atoms with Gasteiger partial charge in [-0.1, -0.05) is 37.6 Å². The van der Waals surface area contributed by atoms with Gasteiger partial charge in [-0.2, -0.15) is 0 Å². The van der Waals surface area contributed by atoms with Gasteiger partial charge in [0.05, 0.1) is 22.9 Å². The minimum absolute atomic E-state index is 0.175. The number of esters is 2. The maximum absolute atomic E-state index is 12.1. The molecule has 2 rings (SSSR count). The lowest BCUT2D eigenvalue weighted by Gasteiger charge is -2.08. The second-order valence-corrected chi connectivity index (χ2v) is 6.48. The van der Waals surface area contributed by atoms with E-state index in [2.05, 4.69) is 5.32 Å². The number of carbonyl (C=O) groups excluding carboxylic acids is 4. The maximum atomic E-state index is 12.1. The SMILES string of the molecule is CC(C)C(=O)OC(=O)c1ccc(NC(=O)CC(=O)c2ccccc2Cl)cc1. The smallest absolute Gasteiger partial charge is 0.345 e. The van der Waals surface area contributed by atoms with Crippen molar-refractivity contribution in [1.29, 1.82) is 0 Å². The Balaban J connectivity index is 1.95. The van der Waals surface area contributed by atoms with E-state index in [4.69, 9.17) is 16.3 Å². The molecule has 0 atom stereocenters. The molecule has 0 spiro atoms. The van der Waals surface area contributed by atoms with E-state index in [1.807, 2.05) is 0 Å². The molecule has 2 aromatic rings. The van der Waals surface area contributed by atoms with E-state index in [9.17, 15) is 19.2 Å². The Kier molecular flexibility index (Phi) is 6.85. The summed E-state index contributed by atoms with van der Waals surface area (Å²) in [4.78, 5) is 47.4. The van der Waals surface area contributed by atoms with Gasteiger partial charge in [0.15, 0.2) is 5.78 Å². The third-order valence-electron chi connectivity index (χ3n) is 3.56. The molecule has 0 aromatic heterocycles. The molecule has 1 amide bonds. The van der Waals surface area contributed by atoms with Gasteiger partial charge in [0.1, 0.15) is 0 Å². The zero-order chi connectivity index (χ0) is 20.0. The lowest BCUT2D eigenvalue weighted by Crippen LogP contribution is -2.18. The first kappa shape index (κ1) is 20.3. The minimum atomic E-state index is -0.763. The number of benzene rings is 2. The first-order chi connectivity index (χ1) is 12.8. The summed E-state index contributed by atoms with van der Waals surface area (Å²) in [5.74, 6) is -2.70. The number of hydrogen-bond acceptors (Lipinski definition) is 5. The van der Waals surface area contributed by atoms with E-state index in [-0.39, 0.29) is 22.6 Å². The van der Waals surface area contributed by atoms with Gasteiger partial charge >= 0.3 is 11.9 Å². The molecule has 7 heteroatoms. The maximum Gasteiger partial charge on any atom is 0.345 e. The van der Waals surface area contributed by atoms with Gasteiger partial charge in [0.25, 0.3) is 0 Å². The fourth-order valence-corrected chi connectivity index (χ4v) is 2.33. The van der Waals surface area contributed by atoms with Crippen molar-refractivity contribution in [2.45, 2.75) is 20.3 Å². The summed E-state index contributed by atoms with van der Waals surface area (Å²) < 4.78 is 4.71. The lowest BCUT2D eigenvalue weighted by molar-refractivity contribution is -0.141. The molecule has 0 unspecified atom stereocenters. The van der Waals surface area contributed by atoms with Crippen LogP contribution in [0.4, 0.5) is 5.69 Å². The molecule has 0 aliphatic carbocycles. The van der Waals surface area contributed by atoms with Crippen LogP contribution >= 0.6 is 11.6 Å². The van der Waals surface area contributed by atoms with Crippen molar-refractivity contribution >= 4 is 40.9 Å². The Morgan fingerprint density at radius 3 is 2.22 bits per heavy atom. The first-order valence-corrected chi connectivity index (χ1v) is 8.59. The van der Waals surface area contributed by atoms with Crippen LogP contribution in [0.2, 0.25) is 5.02 Å². The molecule has 0 bridgehead atoms. The van der Waals surface area contributed by atoms with Crippen molar-refractivity contribution < 1.29 is 23.9 Å². The van der Waals surface area contributed by atoms with Crippen LogP contribution in [-0.4, -0.2) is 23.6 Å². The van der Waals surface area contributed by atoms with Crippen molar-refractivity contribution in [3.05, 3.63) is 64.7 Å².